The van der Waals surface area contributed by atoms with E-state index < -0.39 is 10.0 Å². The molecule has 1 aliphatic heterocycles. The molecule has 4 nitrogen and oxygen atoms in total. The van der Waals surface area contributed by atoms with Gasteiger partial charge in [0.2, 0.25) is 10.0 Å². The van der Waals surface area contributed by atoms with Crippen LogP contribution in [0.5, 0.6) is 0 Å². The van der Waals surface area contributed by atoms with Gasteiger partial charge < -0.3 is 4.74 Å². The number of nitrogens with one attached hydrogen (secondary N) is 1. The Bertz CT molecular complexity index is 614. The quantitative estimate of drug-likeness (QED) is 0.903. The number of rotatable bonds is 4. The van der Waals surface area contributed by atoms with Crippen LogP contribution in [0.1, 0.15) is 30.9 Å². The van der Waals surface area contributed by atoms with Gasteiger partial charge in [0.05, 0.1) is 11.1 Å². The molecule has 0 unspecified atom stereocenters. The van der Waals surface area contributed by atoms with Crippen molar-refractivity contribution in [1.82, 2.24) is 4.72 Å². The fourth-order valence-corrected chi connectivity index (χ4v) is 4.99. The average Bonchev–Trinajstić information content (AvgIpc) is 2.89. The molecule has 1 aliphatic rings. The first-order valence-electron chi connectivity index (χ1n) is 6.83. The van der Waals surface area contributed by atoms with Gasteiger partial charge in [-0.1, -0.05) is 23.2 Å². The molecule has 2 atom stereocenters. The first-order valence-corrected chi connectivity index (χ1v) is 9.07. The van der Waals surface area contributed by atoms with Gasteiger partial charge in [-0.25, -0.2) is 13.1 Å². The lowest BCUT2D eigenvalue weighted by Gasteiger charge is -2.21. The number of benzene rings is 1. The summed E-state index contributed by atoms with van der Waals surface area (Å²) in [5.41, 5.74) is 1.09. The van der Waals surface area contributed by atoms with Gasteiger partial charge in [0.15, 0.2) is 0 Å². The number of aryl methyl sites for hydroxylation is 1. The summed E-state index contributed by atoms with van der Waals surface area (Å²) >= 11 is 12.3. The molecule has 0 bridgehead atoms. The van der Waals surface area contributed by atoms with Gasteiger partial charge in [0.25, 0.3) is 0 Å². The molecule has 0 aliphatic carbocycles. The molecular weight excluding hydrogens is 333 g/mol. The van der Waals surface area contributed by atoms with E-state index >= 15 is 0 Å². The van der Waals surface area contributed by atoms with Crippen LogP contribution in [-0.4, -0.2) is 27.2 Å². The van der Waals surface area contributed by atoms with Crippen LogP contribution in [0.15, 0.2) is 11.0 Å². The predicted octanol–water partition coefficient (Wildman–Crippen LogP) is 3.46. The first-order chi connectivity index (χ1) is 9.74. The normalized spacial score (nSPS) is 20.7. The zero-order valence-electron chi connectivity index (χ0n) is 12.2. The molecule has 1 N–H and O–H groups in total. The van der Waals surface area contributed by atoms with Gasteiger partial charge in [-0.05, 0) is 50.8 Å². The van der Waals surface area contributed by atoms with E-state index in [-0.39, 0.29) is 22.1 Å². The van der Waals surface area contributed by atoms with Crippen LogP contribution >= 0.6 is 23.2 Å². The van der Waals surface area contributed by atoms with Crippen molar-refractivity contribution in [1.29, 1.82) is 0 Å². The Morgan fingerprint density at radius 3 is 2.62 bits per heavy atom. The molecule has 118 valence electrons. The summed E-state index contributed by atoms with van der Waals surface area (Å²) < 4.78 is 33.4. The van der Waals surface area contributed by atoms with Crippen molar-refractivity contribution >= 4 is 33.2 Å². The van der Waals surface area contributed by atoms with Crippen LogP contribution in [-0.2, 0) is 14.8 Å². The molecule has 1 aromatic carbocycles. The number of ether oxygens (including phenoxy) is 1. The van der Waals surface area contributed by atoms with E-state index in [1.807, 2.05) is 0 Å². The molecule has 7 heteroatoms. The Hall–Kier alpha value is -0.330. The van der Waals surface area contributed by atoms with Crippen LogP contribution in [0.3, 0.4) is 0 Å². The summed E-state index contributed by atoms with van der Waals surface area (Å²) in [6.45, 7) is 5.86. The topological polar surface area (TPSA) is 55.4 Å². The van der Waals surface area contributed by atoms with Crippen molar-refractivity contribution in [3.05, 3.63) is 27.2 Å². The lowest BCUT2D eigenvalue weighted by Crippen LogP contribution is -2.41. The maximum Gasteiger partial charge on any atom is 0.242 e. The van der Waals surface area contributed by atoms with E-state index in [1.54, 1.807) is 26.8 Å². The zero-order chi connectivity index (χ0) is 15.8. The molecule has 0 spiro atoms. The van der Waals surface area contributed by atoms with Crippen molar-refractivity contribution < 1.29 is 13.2 Å². The highest BCUT2D eigenvalue weighted by Gasteiger charge is 2.30. The van der Waals surface area contributed by atoms with E-state index in [9.17, 15) is 8.42 Å². The highest BCUT2D eigenvalue weighted by atomic mass is 35.5. The van der Waals surface area contributed by atoms with Gasteiger partial charge in [0.1, 0.15) is 4.90 Å². The monoisotopic (exact) mass is 351 g/mol. The van der Waals surface area contributed by atoms with Crippen LogP contribution < -0.4 is 4.72 Å². The third-order valence-corrected chi connectivity index (χ3v) is 6.44. The second-order valence-corrected chi connectivity index (χ2v) is 7.84. The molecular formula is C14H19Cl2NO3S. The average molecular weight is 352 g/mol. The van der Waals surface area contributed by atoms with Gasteiger partial charge in [-0.2, -0.15) is 0 Å². The molecule has 1 saturated heterocycles. The first kappa shape index (κ1) is 17.0. The molecule has 0 radical (unpaired) electrons. The minimum atomic E-state index is -3.75. The van der Waals surface area contributed by atoms with Crippen molar-refractivity contribution in [2.75, 3.05) is 6.61 Å². The fourth-order valence-electron chi connectivity index (χ4n) is 2.51. The van der Waals surface area contributed by atoms with Crippen molar-refractivity contribution in [3.63, 3.8) is 0 Å². The Morgan fingerprint density at radius 2 is 2.05 bits per heavy atom. The third kappa shape index (κ3) is 3.54. The fraction of sp³-hybridized carbons (Fsp3) is 0.571. The SMILES string of the molecule is Cc1cc(Cl)c(C)c(S(=O)(=O)N[C@@H](C)[C@H]2CCCO2)c1Cl. The molecule has 0 saturated carbocycles. The third-order valence-electron chi connectivity index (χ3n) is 3.72. The van der Waals surface area contributed by atoms with Crippen LogP contribution in [0, 0.1) is 13.8 Å². The molecule has 0 amide bonds. The van der Waals surface area contributed by atoms with Gasteiger partial charge in [0, 0.05) is 17.7 Å². The maximum absolute atomic E-state index is 12.6. The highest BCUT2D eigenvalue weighted by Crippen LogP contribution is 2.33. The van der Waals surface area contributed by atoms with Crippen LogP contribution in [0.25, 0.3) is 0 Å². The molecule has 1 heterocycles. The minimum Gasteiger partial charge on any atom is -0.377 e. The van der Waals surface area contributed by atoms with Crippen LogP contribution in [0.2, 0.25) is 10.0 Å². The maximum atomic E-state index is 12.6. The van der Waals surface area contributed by atoms with Crippen LogP contribution in [0.4, 0.5) is 0 Å². The Morgan fingerprint density at radius 1 is 1.38 bits per heavy atom. The van der Waals surface area contributed by atoms with Gasteiger partial charge >= 0.3 is 0 Å². The molecule has 21 heavy (non-hydrogen) atoms. The number of hydrogen-bond acceptors (Lipinski definition) is 3. The summed E-state index contributed by atoms with van der Waals surface area (Å²) in [5.74, 6) is 0. The molecule has 0 aromatic heterocycles. The largest absolute Gasteiger partial charge is 0.377 e. The van der Waals surface area contributed by atoms with E-state index in [2.05, 4.69) is 4.72 Å². The summed E-state index contributed by atoms with van der Waals surface area (Å²) in [7, 11) is -3.75. The van der Waals surface area contributed by atoms with E-state index in [1.165, 1.54) is 0 Å². The number of hydrogen-bond donors (Lipinski definition) is 1. The standard InChI is InChI=1S/C14H19Cl2NO3S/c1-8-7-11(15)9(2)14(13(8)16)21(18,19)17-10(3)12-5-4-6-20-12/h7,10,12,17H,4-6H2,1-3H3/t10-,12+/m0/s1. The van der Waals surface area contributed by atoms with Gasteiger partial charge in [-0.3, -0.25) is 0 Å². The minimum absolute atomic E-state index is 0.0546. The summed E-state index contributed by atoms with van der Waals surface area (Å²) in [6, 6.07) is 1.36. The van der Waals surface area contributed by atoms with E-state index in [4.69, 9.17) is 27.9 Å². The summed E-state index contributed by atoms with van der Waals surface area (Å²) in [5, 5.41) is 0.603. The lowest BCUT2D eigenvalue weighted by atomic mass is 10.1. The second-order valence-electron chi connectivity index (χ2n) is 5.40. The van der Waals surface area contributed by atoms with Crippen molar-refractivity contribution in [2.24, 2.45) is 0 Å². The van der Waals surface area contributed by atoms with E-state index in [0.717, 1.165) is 12.8 Å². The number of halogens is 2. The summed E-state index contributed by atoms with van der Waals surface area (Å²) in [4.78, 5) is 0.0546. The predicted molar refractivity (Wildman–Crippen MR) is 84.7 cm³/mol. The zero-order valence-corrected chi connectivity index (χ0v) is 14.6. The molecule has 2 rings (SSSR count). The second kappa shape index (κ2) is 6.42. The Balaban J connectivity index is 2.35. The highest BCUT2D eigenvalue weighted by molar-refractivity contribution is 7.89. The van der Waals surface area contributed by atoms with Gasteiger partial charge in [-0.15, -0.1) is 0 Å². The lowest BCUT2D eigenvalue weighted by molar-refractivity contribution is 0.0902. The smallest absolute Gasteiger partial charge is 0.242 e. The number of sulfonamides is 1. The van der Waals surface area contributed by atoms with Crippen molar-refractivity contribution in [3.8, 4) is 0 Å². The van der Waals surface area contributed by atoms with Crippen molar-refractivity contribution in [2.45, 2.75) is 50.7 Å². The Kier molecular flexibility index (Phi) is 5.21. The van der Waals surface area contributed by atoms with E-state index in [0.29, 0.717) is 22.8 Å². The molecule has 1 aromatic rings. The molecule has 1 fully saturated rings. The summed E-state index contributed by atoms with van der Waals surface area (Å²) in [6.07, 6.45) is 1.71. The Labute approximate surface area is 135 Å².